The van der Waals surface area contributed by atoms with Crippen molar-refractivity contribution in [3.05, 3.63) is 59.7 Å². The second kappa shape index (κ2) is 6.65. The Bertz CT molecular complexity index is 835. The maximum atomic E-state index is 12.3. The Morgan fingerprint density at radius 1 is 0.958 bits per heavy atom. The number of hydrogen-bond acceptors (Lipinski definition) is 3. The molecule has 0 aliphatic carbocycles. The van der Waals surface area contributed by atoms with Gasteiger partial charge < -0.3 is 5.32 Å². The minimum atomic E-state index is -3.36. The molecule has 2 rings (SSSR count). The number of benzene rings is 2. The summed E-state index contributed by atoms with van der Waals surface area (Å²) in [6.07, 6.45) is 1.08. The Kier molecular flexibility index (Phi) is 4.99. The van der Waals surface area contributed by atoms with Gasteiger partial charge in [0.15, 0.2) is 0 Å². The first-order valence-electron chi connectivity index (χ1n) is 7.54. The molecule has 2 aromatic rings. The zero-order chi connectivity index (χ0) is 18.0. The van der Waals surface area contributed by atoms with E-state index in [2.05, 4.69) is 30.8 Å². The van der Waals surface area contributed by atoms with E-state index in [1.54, 1.807) is 36.4 Å². The van der Waals surface area contributed by atoms with Crippen molar-refractivity contribution < 1.29 is 13.2 Å². The van der Waals surface area contributed by atoms with Gasteiger partial charge in [0, 0.05) is 11.3 Å². The van der Waals surface area contributed by atoms with Crippen molar-refractivity contribution in [1.82, 2.24) is 0 Å². The summed E-state index contributed by atoms with van der Waals surface area (Å²) in [5.74, 6) is -0.244. The SMILES string of the molecule is CC(C)(C)c1ccc(C(=O)Nc2cccc(NS(C)(=O)=O)c2)cc1. The second-order valence-electron chi connectivity index (χ2n) is 6.74. The molecular weight excluding hydrogens is 324 g/mol. The molecule has 0 aliphatic rings. The zero-order valence-electron chi connectivity index (χ0n) is 14.3. The Morgan fingerprint density at radius 2 is 1.54 bits per heavy atom. The lowest BCUT2D eigenvalue weighted by Gasteiger charge is -2.19. The van der Waals surface area contributed by atoms with Crippen molar-refractivity contribution >= 4 is 27.3 Å². The van der Waals surface area contributed by atoms with Crippen molar-refractivity contribution in [1.29, 1.82) is 0 Å². The zero-order valence-corrected chi connectivity index (χ0v) is 15.1. The third-order valence-corrected chi connectivity index (χ3v) is 4.04. The van der Waals surface area contributed by atoms with Crippen LogP contribution in [-0.4, -0.2) is 20.6 Å². The Labute approximate surface area is 143 Å². The van der Waals surface area contributed by atoms with E-state index in [1.165, 1.54) is 0 Å². The van der Waals surface area contributed by atoms with Crippen LogP contribution in [0.1, 0.15) is 36.7 Å². The van der Waals surface area contributed by atoms with Gasteiger partial charge >= 0.3 is 0 Å². The molecule has 0 spiro atoms. The predicted octanol–water partition coefficient (Wildman–Crippen LogP) is 3.61. The van der Waals surface area contributed by atoms with Crippen LogP contribution < -0.4 is 10.0 Å². The van der Waals surface area contributed by atoms with Gasteiger partial charge in [-0.3, -0.25) is 9.52 Å². The maximum Gasteiger partial charge on any atom is 0.255 e. The third kappa shape index (κ3) is 5.09. The predicted molar refractivity (Wildman–Crippen MR) is 98.0 cm³/mol. The minimum absolute atomic E-state index is 0.0284. The van der Waals surface area contributed by atoms with Crippen LogP contribution in [-0.2, 0) is 15.4 Å². The second-order valence-corrected chi connectivity index (χ2v) is 8.48. The topological polar surface area (TPSA) is 75.3 Å². The lowest BCUT2D eigenvalue weighted by Crippen LogP contribution is -2.14. The van der Waals surface area contributed by atoms with E-state index in [0.717, 1.165) is 11.8 Å². The third-order valence-electron chi connectivity index (χ3n) is 3.44. The normalized spacial score (nSPS) is 11.8. The highest BCUT2D eigenvalue weighted by Gasteiger charge is 2.14. The standard InChI is InChI=1S/C18H22N2O3S/c1-18(2,3)14-10-8-13(9-11-14)17(21)19-15-6-5-7-16(12-15)20-24(4,22)23/h5-12,20H,1-4H3,(H,19,21). The van der Waals surface area contributed by atoms with Crippen LogP contribution in [0.15, 0.2) is 48.5 Å². The monoisotopic (exact) mass is 346 g/mol. The molecule has 0 unspecified atom stereocenters. The molecule has 0 atom stereocenters. The summed E-state index contributed by atoms with van der Waals surface area (Å²) in [6.45, 7) is 6.34. The fourth-order valence-corrected chi connectivity index (χ4v) is 2.75. The highest BCUT2D eigenvalue weighted by Crippen LogP contribution is 2.23. The van der Waals surface area contributed by atoms with Crippen LogP contribution in [0, 0.1) is 0 Å². The van der Waals surface area contributed by atoms with E-state index >= 15 is 0 Å². The fraction of sp³-hybridized carbons (Fsp3) is 0.278. The summed E-state index contributed by atoms with van der Waals surface area (Å²) in [6, 6.07) is 14.0. The number of hydrogen-bond donors (Lipinski definition) is 2. The van der Waals surface area contributed by atoms with Gasteiger partial charge in [-0.05, 0) is 41.3 Å². The number of amides is 1. The molecule has 2 aromatic carbocycles. The first kappa shape index (κ1) is 18.0. The van der Waals surface area contributed by atoms with Gasteiger partial charge in [0.1, 0.15) is 0 Å². The van der Waals surface area contributed by atoms with Crippen LogP contribution in [0.4, 0.5) is 11.4 Å². The Morgan fingerprint density at radius 3 is 2.08 bits per heavy atom. The number of nitrogens with one attached hydrogen (secondary N) is 2. The van der Waals surface area contributed by atoms with E-state index in [4.69, 9.17) is 0 Å². The molecule has 0 fully saturated rings. The highest BCUT2D eigenvalue weighted by atomic mass is 32.2. The summed E-state index contributed by atoms with van der Waals surface area (Å²) in [4.78, 5) is 12.3. The van der Waals surface area contributed by atoms with E-state index in [9.17, 15) is 13.2 Å². The largest absolute Gasteiger partial charge is 0.322 e. The van der Waals surface area contributed by atoms with Crippen LogP contribution in [0.2, 0.25) is 0 Å². The quantitative estimate of drug-likeness (QED) is 0.888. The molecule has 1 amide bonds. The van der Waals surface area contributed by atoms with E-state index in [-0.39, 0.29) is 11.3 Å². The molecule has 24 heavy (non-hydrogen) atoms. The lowest BCUT2D eigenvalue weighted by atomic mass is 9.87. The van der Waals surface area contributed by atoms with Gasteiger partial charge in [-0.15, -0.1) is 0 Å². The average Bonchev–Trinajstić information content (AvgIpc) is 2.45. The number of anilines is 2. The summed E-state index contributed by atoms with van der Waals surface area (Å²) in [7, 11) is -3.36. The van der Waals surface area contributed by atoms with Crippen molar-refractivity contribution in [2.24, 2.45) is 0 Å². The van der Waals surface area contributed by atoms with Gasteiger partial charge in [-0.2, -0.15) is 0 Å². The number of rotatable bonds is 4. The highest BCUT2D eigenvalue weighted by molar-refractivity contribution is 7.92. The van der Waals surface area contributed by atoms with Crippen LogP contribution in [0.3, 0.4) is 0 Å². The van der Waals surface area contributed by atoms with Crippen molar-refractivity contribution in [3.8, 4) is 0 Å². The average molecular weight is 346 g/mol. The molecule has 6 heteroatoms. The molecule has 0 saturated carbocycles. The van der Waals surface area contributed by atoms with Crippen molar-refractivity contribution in [2.45, 2.75) is 26.2 Å². The van der Waals surface area contributed by atoms with E-state index in [0.29, 0.717) is 16.9 Å². The smallest absolute Gasteiger partial charge is 0.255 e. The summed E-state index contributed by atoms with van der Waals surface area (Å²) in [5, 5.41) is 2.77. The van der Waals surface area contributed by atoms with Crippen LogP contribution >= 0.6 is 0 Å². The van der Waals surface area contributed by atoms with Crippen molar-refractivity contribution in [3.63, 3.8) is 0 Å². The molecular formula is C18H22N2O3S. The number of carbonyl (C=O) groups is 1. The molecule has 5 nitrogen and oxygen atoms in total. The number of sulfonamides is 1. The molecule has 0 radical (unpaired) electrons. The summed E-state index contributed by atoms with van der Waals surface area (Å²) in [5.41, 5.74) is 2.65. The summed E-state index contributed by atoms with van der Waals surface area (Å²) < 4.78 is 24.9. The Hall–Kier alpha value is -2.34. The first-order chi connectivity index (χ1) is 11.0. The van der Waals surface area contributed by atoms with Gasteiger partial charge in [0.25, 0.3) is 5.91 Å². The van der Waals surface area contributed by atoms with E-state index in [1.807, 2.05) is 12.1 Å². The minimum Gasteiger partial charge on any atom is -0.322 e. The first-order valence-corrected chi connectivity index (χ1v) is 9.43. The molecule has 2 N–H and O–H groups in total. The molecule has 0 saturated heterocycles. The van der Waals surface area contributed by atoms with Crippen LogP contribution in [0.25, 0.3) is 0 Å². The van der Waals surface area contributed by atoms with Crippen molar-refractivity contribution in [2.75, 3.05) is 16.3 Å². The van der Waals surface area contributed by atoms with Gasteiger partial charge in [-0.1, -0.05) is 39.0 Å². The lowest BCUT2D eigenvalue weighted by molar-refractivity contribution is 0.102. The van der Waals surface area contributed by atoms with Gasteiger partial charge in [0.2, 0.25) is 10.0 Å². The molecule has 128 valence electrons. The number of carbonyl (C=O) groups excluding carboxylic acids is 1. The maximum absolute atomic E-state index is 12.3. The Balaban J connectivity index is 2.13. The van der Waals surface area contributed by atoms with Gasteiger partial charge in [-0.25, -0.2) is 8.42 Å². The van der Waals surface area contributed by atoms with Gasteiger partial charge in [0.05, 0.1) is 11.9 Å². The fourth-order valence-electron chi connectivity index (χ4n) is 2.20. The van der Waals surface area contributed by atoms with E-state index < -0.39 is 10.0 Å². The van der Waals surface area contributed by atoms with Crippen LogP contribution in [0.5, 0.6) is 0 Å². The summed E-state index contributed by atoms with van der Waals surface area (Å²) >= 11 is 0. The molecule has 0 bridgehead atoms. The molecule has 0 aromatic heterocycles. The molecule has 0 aliphatic heterocycles. The molecule has 0 heterocycles.